The standard InChI is InChI=1S/C23H28N2O3S/c26-23(25-14-12-24(13-15-25)21-11-16-29(27,28)18-21)17-22(19-7-3-1-4-8-19)20-9-5-2-6-10-20/h1-10,21-22H,11-18H2. The Labute approximate surface area is 173 Å². The highest BCUT2D eigenvalue weighted by Crippen LogP contribution is 2.29. The second-order valence-corrected chi connectivity index (χ2v) is 10.3. The van der Waals surface area contributed by atoms with Crippen LogP contribution in [-0.4, -0.2) is 67.9 Å². The fraction of sp³-hybridized carbons (Fsp3) is 0.435. The Bertz CT molecular complexity index is 884. The van der Waals surface area contributed by atoms with Gasteiger partial charge in [-0.3, -0.25) is 9.69 Å². The lowest BCUT2D eigenvalue weighted by atomic mass is 9.88. The van der Waals surface area contributed by atoms with Crippen molar-refractivity contribution in [1.29, 1.82) is 0 Å². The predicted molar refractivity (Wildman–Crippen MR) is 115 cm³/mol. The number of piperazine rings is 1. The van der Waals surface area contributed by atoms with Crippen LogP contribution in [0.5, 0.6) is 0 Å². The van der Waals surface area contributed by atoms with E-state index in [1.165, 1.54) is 0 Å². The number of nitrogens with zero attached hydrogens (tertiary/aromatic N) is 2. The van der Waals surface area contributed by atoms with Crippen molar-refractivity contribution in [1.82, 2.24) is 9.80 Å². The third-order valence-electron chi connectivity index (χ3n) is 6.17. The molecule has 0 bridgehead atoms. The quantitative estimate of drug-likeness (QED) is 0.757. The number of sulfone groups is 1. The van der Waals surface area contributed by atoms with Gasteiger partial charge in [-0.15, -0.1) is 0 Å². The molecule has 0 radical (unpaired) electrons. The van der Waals surface area contributed by atoms with Crippen LogP contribution < -0.4 is 0 Å². The number of carbonyl (C=O) groups excluding carboxylic acids is 1. The molecule has 0 aliphatic carbocycles. The number of carbonyl (C=O) groups is 1. The van der Waals surface area contributed by atoms with Crippen molar-refractivity contribution in [2.75, 3.05) is 37.7 Å². The number of benzene rings is 2. The van der Waals surface area contributed by atoms with E-state index in [9.17, 15) is 13.2 Å². The van der Waals surface area contributed by atoms with E-state index in [0.717, 1.165) is 30.6 Å². The number of amides is 1. The van der Waals surface area contributed by atoms with E-state index in [1.54, 1.807) is 0 Å². The van der Waals surface area contributed by atoms with Gasteiger partial charge in [0.25, 0.3) is 0 Å². The fourth-order valence-corrected chi connectivity index (χ4v) is 6.26. The minimum absolute atomic E-state index is 0.0444. The zero-order valence-electron chi connectivity index (χ0n) is 16.6. The lowest BCUT2D eigenvalue weighted by molar-refractivity contribution is -0.133. The molecule has 154 valence electrons. The summed E-state index contributed by atoms with van der Waals surface area (Å²) >= 11 is 0. The first kappa shape index (κ1) is 20.1. The Morgan fingerprint density at radius 1 is 0.897 bits per heavy atom. The van der Waals surface area contributed by atoms with Crippen molar-refractivity contribution >= 4 is 15.7 Å². The van der Waals surface area contributed by atoms with Gasteiger partial charge < -0.3 is 4.90 Å². The first-order valence-corrected chi connectivity index (χ1v) is 12.2. The van der Waals surface area contributed by atoms with Crippen LogP contribution in [0.15, 0.2) is 60.7 Å². The Balaban J connectivity index is 1.40. The minimum Gasteiger partial charge on any atom is -0.340 e. The molecule has 2 aliphatic rings. The van der Waals surface area contributed by atoms with Gasteiger partial charge in [-0.2, -0.15) is 0 Å². The van der Waals surface area contributed by atoms with Gasteiger partial charge in [0.2, 0.25) is 5.91 Å². The molecule has 0 saturated carbocycles. The highest BCUT2D eigenvalue weighted by Gasteiger charge is 2.34. The van der Waals surface area contributed by atoms with E-state index >= 15 is 0 Å². The summed E-state index contributed by atoms with van der Waals surface area (Å²) in [6.45, 7) is 2.86. The second kappa shape index (κ2) is 8.67. The molecule has 29 heavy (non-hydrogen) atoms. The van der Waals surface area contributed by atoms with Crippen LogP contribution in [0.1, 0.15) is 29.9 Å². The average molecular weight is 413 g/mol. The van der Waals surface area contributed by atoms with E-state index in [0.29, 0.717) is 25.3 Å². The lowest BCUT2D eigenvalue weighted by Crippen LogP contribution is -2.52. The van der Waals surface area contributed by atoms with Crippen molar-refractivity contribution in [2.45, 2.75) is 24.8 Å². The molecule has 1 amide bonds. The first-order valence-electron chi connectivity index (χ1n) is 10.3. The summed E-state index contributed by atoms with van der Waals surface area (Å²) in [5, 5.41) is 0. The van der Waals surface area contributed by atoms with Gasteiger partial charge in [0.15, 0.2) is 9.84 Å². The molecule has 0 spiro atoms. The highest BCUT2D eigenvalue weighted by atomic mass is 32.2. The summed E-state index contributed by atoms with van der Waals surface area (Å²) in [4.78, 5) is 17.3. The van der Waals surface area contributed by atoms with E-state index in [-0.39, 0.29) is 23.6 Å². The molecular weight excluding hydrogens is 384 g/mol. The summed E-state index contributed by atoms with van der Waals surface area (Å²) in [5.74, 6) is 0.779. The number of hydrogen-bond acceptors (Lipinski definition) is 4. The lowest BCUT2D eigenvalue weighted by Gasteiger charge is -2.38. The van der Waals surface area contributed by atoms with E-state index in [2.05, 4.69) is 29.2 Å². The van der Waals surface area contributed by atoms with Crippen LogP contribution in [0, 0.1) is 0 Å². The van der Waals surface area contributed by atoms with E-state index in [1.807, 2.05) is 41.3 Å². The fourth-order valence-electron chi connectivity index (χ4n) is 4.50. The van der Waals surface area contributed by atoms with Crippen LogP contribution in [0.4, 0.5) is 0 Å². The van der Waals surface area contributed by atoms with Crippen LogP contribution >= 0.6 is 0 Å². The van der Waals surface area contributed by atoms with Crippen molar-refractivity contribution in [3.63, 3.8) is 0 Å². The molecule has 0 N–H and O–H groups in total. The molecule has 6 heteroatoms. The van der Waals surface area contributed by atoms with Crippen LogP contribution in [0.3, 0.4) is 0 Å². The Hall–Kier alpha value is -2.18. The van der Waals surface area contributed by atoms with Gasteiger partial charge in [0, 0.05) is 44.6 Å². The molecule has 5 nitrogen and oxygen atoms in total. The van der Waals surface area contributed by atoms with Crippen molar-refractivity contribution in [2.24, 2.45) is 0 Å². The molecule has 1 unspecified atom stereocenters. The molecule has 2 aromatic rings. The predicted octanol–water partition coefficient (Wildman–Crippen LogP) is 2.54. The van der Waals surface area contributed by atoms with Crippen molar-refractivity contribution in [3.8, 4) is 0 Å². The third kappa shape index (κ3) is 4.87. The molecular formula is C23H28N2O3S. The normalized spacial score (nSPS) is 22.1. The number of hydrogen-bond donors (Lipinski definition) is 0. The third-order valence-corrected chi connectivity index (χ3v) is 7.92. The monoisotopic (exact) mass is 412 g/mol. The van der Waals surface area contributed by atoms with E-state index < -0.39 is 9.84 Å². The van der Waals surface area contributed by atoms with Gasteiger partial charge >= 0.3 is 0 Å². The van der Waals surface area contributed by atoms with Crippen molar-refractivity contribution < 1.29 is 13.2 Å². The maximum atomic E-state index is 13.1. The second-order valence-electron chi connectivity index (χ2n) is 8.05. The summed E-state index contributed by atoms with van der Waals surface area (Å²) < 4.78 is 23.5. The van der Waals surface area contributed by atoms with Gasteiger partial charge in [0.05, 0.1) is 11.5 Å². The number of rotatable bonds is 5. The van der Waals surface area contributed by atoms with Gasteiger partial charge in [-0.1, -0.05) is 60.7 Å². The maximum Gasteiger partial charge on any atom is 0.223 e. The summed E-state index contributed by atoms with van der Waals surface area (Å²) in [5.41, 5.74) is 2.31. The van der Waals surface area contributed by atoms with Crippen LogP contribution in [0.2, 0.25) is 0 Å². The molecule has 2 aliphatic heterocycles. The largest absolute Gasteiger partial charge is 0.340 e. The first-order chi connectivity index (χ1) is 14.0. The maximum absolute atomic E-state index is 13.1. The van der Waals surface area contributed by atoms with Gasteiger partial charge in [0.1, 0.15) is 0 Å². The summed E-state index contributed by atoms with van der Waals surface area (Å²) in [7, 11) is -2.87. The molecule has 0 aromatic heterocycles. The summed E-state index contributed by atoms with van der Waals surface area (Å²) in [6, 6.07) is 20.5. The van der Waals surface area contributed by atoms with Crippen molar-refractivity contribution in [3.05, 3.63) is 71.8 Å². The summed E-state index contributed by atoms with van der Waals surface area (Å²) in [6.07, 6.45) is 1.17. The van der Waals surface area contributed by atoms with Gasteiger partial charge in [-0.05, 0) is 17.5 Å². The molecule has 2 fully saturated rings. The molecule has 2 aromatic carbocycles. The van der Waals surface area contributed by atoms with Crippen LogP contribution in [-0.2, 0) is 14.6 Å². The Morgan fingerprint density at radius 3 is 1.93 bits per heavy atom. The minimum atomic E-state index is -2.87. The zero-order chi connectivity index (χ0) is 20.3. The van der Waals surface area contributed by atoms with E-state index in [4.69, 9.17) is 0 Å². The zero-order valence-corrected chi connectivity index (χ0v) is 17.4. The highest BCUT2D eigenvalue weighted by molar-refractivity contribution is 7.91. The average Bonchev–Trinajstić information content (AvgIpc) is 3.13. The SMILES string of the molecule is O=C(CC(c1ccccc1)c1ccccc1)N1CCN(C2CCS(=O)(=O)C2)CC1. The van der Waals surface area contributed by atoms with Crippen LogP contribution in [0.25, 0.3) is 0 Å². The topological polar surface area (TPSA) is 57.7 Å². The molecule has 1 atom stereocenters. The van der Waals surface area contributed by atoms with Gasteiger partial charge in [-0.25, -0.2) is 8.42 Å². The molecule has 2 saturated heterocycles. The molecule has 2 heterocycles. The smallest absolute Gasteiger partial charge is 0.223 e. The molecule has 4 rings (SSSR count). The Morgan fingerprint density at radius 2 is 1.45 bits per heavy atom. The Kier molecular flexibility index (Phi) is 6.01.